The number of hydrogen-bond donors (Lipinski definition) is 0. The minimum atomic E-state index is 0.639. The van der Waals surface area contributed by atoms with Gasteiger partial charge in [0.05, 0.1) is 30.0 Å². The smallest absolute Gasteiger partial charge is 0.119 e. The summed E-state index contributed by atoms with van der Waals surface area (Å²) >= 11 is 0. The average Bonchev–Trinajstić information content (AvgIpc) is 3.18. The Balaban J connectivity index is 1.72. The third-order valence-electron chi connectivity index (χ3n) is 5.63. The zero-order valence-corrected chi connectivity index (χ0v) is 18.9. The maximum absolute atomic E-state index is 5.65. The zero-order chi connectivity index (χ0) is 22.6. The van der Waals surface area contributed by atoms with E-state index < -0.39 is 0 Å². The highest BCUT2D eigenvalue weighted by molar-refractivity contribution is 6.14. The van der Waals surface area contributed by atoms with Gasteiger partial charge in [0.2, 0.25) is 0 Å². The fourth-order valence-electron chi connectivity index (χ4n) is 4.14. The summed E-state index contributed by atoms with van der Waals surface area (Å²) in [7, 11) is 0. The van der Waals surface area contributed by atoms with Gasteiger partial charge in [0, 0.05) is 21.9 Å². The van der Waals surface area contributed by atoms with Gasteiger partial charge in [-0.3, -0.25) is 0 Å². The summed E-state index contributed by atoms with van der Waals surface area (Å²) in [4.78, 5) is 0. The molecule has 0 aliphatic heterocycles. The second-order valence-corrected chi connectivity index (χ2v) is 7.71. The maximum Gasteiger partial charge on any atom is 0.119 e. The molecule has 4 aromatic carbocycles. The van der Waals surface area contributed by atoms with Crippen molar-refractivity contribution in [2.45, 2.75) is 13.8 Å². The first kappa shape index (κ1) is 20.8. The molecule has 0 saturated carbocycles. The highest BCUT2D eigenvalue weighted by Gasteiger charge is 2.13. The summed E-state index contributed by atoms with van der Waals surface area (Å²) in [6.07, 6.45) is 0. The summed E-state index contributed by atoms with van der Waals surface area (Å²) in [5.41, 5.74) is 5.07. The van der Waals surface area contributed by atoms with Crippen LogP contribution < -0.4 is 9.47 Å². The van der Waals surface area contributed by atoms with Crippen molar-refractivity contribution in [2.24, 2.45) is 5.10 Å². The number of rotatable bonds is 7. The molecule has 33 heavy (non-hydrogen) atoms. The van der Waals surface area contributed by atoms with Gasteiger partial charge in [-0.2, -0.15) is 5.10 Å². The number of para-hydroxylation sites is 2. The van der Waals surface area contributed by atoms with E-state index in [1.54, 1.807) is 0 Å². The summed E-state index contributed by atoms with van der Waals surface area (Å²) in [5.74, 6) is 1.70. The lowest BCUT2D eigenvalue weighted by molar-refractivity contribution is 0.340. The maximum atomic E-state index is 5.65. The minimum absolute atomic E-state index is 0.639. The summed E-state index contributed by atoms with van der Waals surface area (Å²) < 4.78 is 13.3. The van der Waals surface area contributed by atoms with Crippen LogP contribution in [0.4, 0.5) is 0 Å². The Morgan fingerprint density at radius 2 is 1.03 bits per heavy atom. The number of hydrogen-bond acceptors (Lipinski definition) is 3. The van der Waals surface area contributed by atoms with E-state index in [0.717, 1.165) is 39.4 Å². The molecule has 4 heteroatoms. The van der Waals surface area contributed by atoms with E-state index in [9.17, 15) is 0 Å². The molecule has 0 N–H and O–H groups in total. The van der Waals surface area contributed by atoms with E-state index in [1.165, 1.54) is 10.8 Å². The van der Waals surface area contributed by atoms with Crippen LogP contribution in [-0.2, 0) is 0 Å². The van der Waals surface area contributed by atoms with Gasteiger partial charge in [0.15, 0.2) is 0 Å². The summed E-state index contributed by atoms with van der Waals surface area (Å²) in [6, 6.07) is 33.0. The highest BCUT2D eigenvalue weighted by atomic mass is 16.5. The molecule has 0 spiro atoms. The van der Waals surface area contributed by atoms with Gasteiger partial charge in [-0.1, -0.05) is 36.4 Å². The average molecular weight is 435 g/mol. The van der Waals surface area contributed by atoms with Crippen LogP contribution >= 0.6 is 0 Å². The van der Waals surface area contributed by atoms with Crippen LogP contribution in [0.25, 0.3) is 21.8 Å². The van der Waals surface area contributed by atoms with Gasteiger partial charge in [0.25, 0.3) is 0 Å². The molecule has 0 aliphatic carbocycles. The first-order valence-corrected chi connectivity index (χ1v) is 11.3. The van der Waals surface area contributed by atoms with E-state index in [0.29, 0.717) is 13.2 Å². The molecule has 1 heterocycles. The molecule has 0 unspecified atom stereocenters. The van der Waals surface area contributed by atoms with E-state index in [-0.39, 0.29) is 0 Å². The minimum Gasteiger partial charge on any atom is -0.494 e. The first-order valence-electron chi connectivity index (χ1n) is 11.3. The number of nitrogens with zero attached hydrogens (tertiary/aromatic N) is 2. The van der Waals surface area contributed by atoms with Crippen LogP contribution in [0.2, 0.25) is 0 Å². The fourth-order valence-corrected chi connectivity index (χ4v) is 4.14. The Hall–Kier alpha value is -4.05. The monoisotopic (exact) mass is 434 g/mol. The van der Waals surface area contributed by atoms with Crippen molar-refractivity contribution in [3.63, 3.8) is 0 Å². The van der Waals surface area contributed by atoms with Crippen molar-refractivity contribution in [3.8, 4) is 11.5 Å². The Kier molecular flexibility index (Phi) is 5.81. The van der Waals surface area contributed by atoms with Crippen LogP contribution in [0, 0.1) is 0 Å². The Morgan fingerprint density at radius 3 is 1.45 bits per heavy atom. The molecule has 0 radical (unpaired) electrons. The molecule has 1 aromatic heterocycles. The van der Waals surface area contributed by atoms with Crippen LogP contribution in [0.5, 0.6) is 11.5 Å². The summed E-state index contributed by atoms with van der Waals surface area (Å²) in [5, 5.41) is 7.60. The lowest BCUT2D eigenvalue weighted by Gasteiger charge is -2.11. The van der Waals surface area contributed by atoms with Gasteiger partial charge < -0.3 is 9.47 Å². The van der Waals surface area contributed by atoms with Crippen molar-refractivity contribution in [1.82, 2.24) is 4.68 Å². The van der Waals surface area contributed by atoms with Gasteiger partial charge in [-0.15, -0.1) is 0 Å². The van der Waals surface area contributed by atoms with Crippen LogP contribution in [0.1, 0.15) is 25.0 Å². The molecule has 164 valence electrons. The van der Waals surface area contributed by atoms with Gasteiger partial charge in [0.1, 0.15) is 11.5 Å². The van der Waals surface area contributed by atoms with Gasteiger partial charge in [-0.05, 0) is 74.5 Å². The third-order valence-corrected chi connectivity index (χ3v) is 5.63. The molecule has 0 aliphatic rings. The zero-order valence-electron chi connectivity index (χ0n) is 18.9. The lowest BCUT2D eigenvalue weighted by Crippen LogP contribution is -2.07. The third kappa shape index (κ3) is 4.08. The number of benzene rings is 4. The first-order chi connectivity index (χ1) is 16.3. The second kappa shape index (κ2) is 9.21. The molecule has 5 rings (SSSR count). The predicted molar refractivity (Wildman–Crippen MR) is 136 cm³/mol. The molecular formula is C29H26N2O2. The fraction of sp³-hybridized carbons (Fsp3) is 0.138. The molecule has 5 aromatic rings. The van der Waals surface area contributed by atoms with Crippen LogP contribution in [0.15, 0.2) is 102 Å². The van der Waals surface area contributed by atoms with Crippen LogP contribution in [-0.4, -0.2) is 23.6 Å². The van der Waals surface area contributed by atoms with Crippen molar-refractivity contribution in [2.75, 3.05) is 13.2 Å². The second-order valence-electron chi connectivity index (χ2n) is 7.71. The van der Waals surface area contributed by atoms with Crippen molar-refractivity contribution in [3.05, 3.63) is 108 Å². The lowest BCUT2D eigenvalue weighted by atomic mass is 10.0. The highest BCUT2D eigenvalue weighted by Crippen LogP contribution is 2.29. The molecule has 0 fully saturated rings. The van der Waals surface area contributed by atoms with Crippen molar-refractivity contribution in [1.29, 1.82) is 0 Å². The van der Waals surface area contributed by atoms with E-state index >= 15 is 0 Å². The molecule has 0 amide bonds. The quantitative estimate of drug-likeness (QED) is 0.261. The molecule has 0 saturated heterocycles. The SMILES string of the molecule is CCOc1ccc(C(=Nn2c3ccccc3c3ccccc32)c2ccc(OCC)cc2)cc1. The standard InChI is InChI=1S/C29H26N2O2/c1-3-32-23-17-13-21(14-18-23)29(22-15-19-24(20-16-22)33-4-2)30-31-27-11-7-5-9-25(27)26-10-6-8-12-28(26)31/h5-20H,3-4H2,1-2H3. The van der Waals surface area contributed by atoms with E-state index in [4.69, 9.17) is 14.6 Å². The van der Waals surface area contributed by atoms with Crippen molar-refractivity contribution >= 4 is 27.5 Å². The van der Waals surface area contributed by atoms with Gasteiger partial charge in [-0.25, -0.2) is 4.68 Å². The number of aromatic nitrogens is 1. The Bertz CT molecular complexity index is 1310. The molecule has 4 nitrogen and oxygen atoms in total. The van der Waals surface area contributed by atoms with E-state index in [1.807, 2.05) is 42.8 Å². The Morgan fingerprint density at radius 1 is 0.606 bits per heavy atom. The number of fused-ring (bicyclic) bond motifs is 3. The van der Waals surface area contributed by atoms with Gasteiger partial charge >= 0.3 is 0 Å². The Labute approximate surface area is 193 Å². The normalized spacial score (nSPS) is 11.0. The van der Waals surface area contributed by atoms with Crippen LogP contribution in [0.3, 0.4) is 0 Å². The molecule has 0 atom stereocenters. The van der Waals surface area contributed by atoms with E-state index in [2.05, 4.69) is 72.8 Å². The predicted octanol–water partition coefficient (Wildman–Crippen LogP) is 6.89. The largest absolute Gasteiger partial charge is 0.494 e. The molecule has 0 bridgehead atoms. The number of ether oxygens (including phenoxy) is 2. The topological polar surface area (TPSA) is 35.8 Å². The van der Waals surface area contributed by atoms with Crippen molar-refractivity contribution < 1.29 is 9.47 Å². The molecular weight excluding hydrogens is 408 g/mol. The summed E-state index contributed by atoms with van der Waals surface area (Å²) in [6.45, 7) is 5.26.